The molecule has 3 rings (SSSR count). The predicted octanol–water partition coefficient (Wildman–Crippen LogP) is 3.11. The third-order valence-electron chi connectivity index (χ3n) is 2.96. The number of hydrogen-bond acceptors (Lipinski definition) is 4. The van der Waals surface area contributed by atoms with Crippen molar-refractivity contribution >= 4 is 39.6 Å². The second kappa shape index (κ2) is 5.71. The van der Waals surface area contributed by atoms with Crippen LogP contribution < -0.4 is 5.32 Å². The molecule has 0 aliphatic rings. The van der Waals surface area contributed by atoms with E-state index in [1.54, 1.807) is 36.5 Å². The summed E-state index contributed by atoms with van der Waals surface area (Å²) in [6.07, 6.45) is 5.13. The molecule has 6 nitrogen and oxygen atoms in total. The number of carbonyl (C=O) groups is 1. The van der Waals surface area contributed by atoms with Crippen LogP contribution in [0.4, 0.5) is 10.5 Å². The Morgan fingerprint density at radius 1 is 1.57 bits per heavy atom. The summed E-state index contributed by atoms with van der Waals surface area (Å²) in [6, 6.07) is 3.31. The molecule has 2 amide bonds. The molecule has 0 radical (unpaired) electrons. The van der Waals surface area contributed by atoms with Gasteiger partial charge in [0.05, 0.1) is 24.1 Å². The van der Waals surface area contributed by atoms with E-state index in [0.29, 0.717) is 17.4 Å². The number of anilines is 1. The largest absolute Gasteiger partial charge is 0.322 e. The Kier molecular flexibility index (Phi) is 3.76. The monoisotopic (exact) mass is 321 g/mol. The van der Waals surface area contributed by atoms with Crippen LogP contribution in [-0.2, 0) is 6.54 Å². The molecule has 3 aromatic heterocycles. The molecular weight excluding hydrogens is 310 g/mol. The summed E-state index contributed by atoms with van der Waals surface area (Å²) in [5, 5.41) is 5.12. The van der Waals surface area contributed by atoms with Gasteiger partial charge >= 0.3 is 6.03 Å². The van der Waals surface area contributed by atoms with Crippen molar-refractivity contribution in [2.45, 2.75) is 6.54 Å². The van der Waals surface area contributed by atoms with Gasteiger partial charge in [-0.05, 0) is 12.1 Å². The number of fused-ring (bicyclic) bond motifs is 1. The number of nitrogens with zero attached hydrogens (tertiary/aromatic N) is 4. The van der Waals surface area contributed by atoms with Gasteiger partial charge in [-0.2, -0.15) is 0 Å². The van der Waals surface area contributed by atoms with E-state index in [4.69, 9.17) is 11.6 Å². The first-order valence-electron chi connectivity index (χ1n) is 6.17. The van der Waals surface area contributed by atoms with Crippen molar-refractivity contribution in [3.8, 4) is 0 Å². The molecule has 0 aliphatic heterocycles. The highest BCUT2D eigenvalue weighted by Gasteiger charge is 2.16. The first kappa shape index (κ1) is 13.8. The molecule has 0 atom stereocenters. The molecule has 108 valence electrons. The molecule has 0 spiro atoms. The van der Waals surface area contributed by atoms with Gasteiger partial charge in [0.25, 0.3) is 0 Å². The van der Waals surface area contributed by atoms with E-state index < -0.39 is 0 Å². The molecule has 1 N–H and O–H groups in total. The molecule has 0 saturated carbocycles. The second-order valence-corrected chi connectivity index (χ2v) is 5.66. The first-order valence-corrected chi connectivity index (χ1v) is 7.43. The summed E-state index contributed by atoms with van der Waals surface area (Å²) in [5.41, 5.74) is 1.44. The topological polar surface area (TPSA) is 62.5 Å². The lowest BCUT2D eigenvalue weighted by Crippen LogP contribution is -2.31. The number of rotatable bonds is 3. The van der Waals surface area contributed by atoms with Crippen molar-refractivity contribution in [1.29, 1.82) is 0 Å². The number of amides is 2. The van der Waals surface area contributed by atoms with Crippen LogP contribution in [-0.4, -0.2) is 32.3 Å². The van der Waals surface area contributed by atoms with Crippen LogP contribution in [0.5, 0.6) is 0 Å². The number of pyridine rings is 1. The summed E-state index contributed by atoms with van der Waals surface area (Å²) in [7, 11) is 1.70. The maximum Gasteiger partial charge on any atom is 0.321 e. The van der Waals surface area contributed by atoms with Gasteiger partial charge in [-0.15, -0.1) is 11.3 Å². The summed E-state index contributed by atoms with van der Waals surface area (Å²) < 4.78 is 1.89. The van der Waals surface area contributed by atoms with Crippen molar-refractivity contribution in [2.75, 3.05) is 12.4 Å². The van der Waals surface area contributed by atoms with Crippen LogP contribution in [0.15, 0.2) is 36.1 Å². The van der Waals surface area contributed by atoms with Gasteiger partial charge in [0.2, 0.25) is 0 Å². The van der Waals surface area contributed by atoms with Crippen LogP contribution in [0, 0.1) is 0 Å². The fraction of sp³-hybridized carbons (Fsp3) is 0.154. The third-order valence-corrected chi connectivity index (χ3v) is 4.02. The van der Waals surface area contributed by atoms with Gasteiger partial charge < -0.3 is 10.2 Å². The van der Waals surface area contributed by atoms with Crippen molar-refractivity contribution < 1.29 is 4.79 Å². The van der Waals surface area contributed by atoms with Crippen LogP contribution in [0.3, 0.4) is 0 Å². The number of nitrogens with one attached hydrogen (secondary N) is 1. The number of carbonyl (C=O) groups excluding carboxylic acids is 1. The van der Waals surface area contributed by atoms with Crippen molar-refractivity contribution in [1.82, 2.24) is 19.3 Å². The number of hydrogen-bond donors (Lipinski definition) is 1. The minimum absolute atomic E-state index is 0.232. The Morgan fingerprint density at radius 2 is 2.43 bits per heavy atom. The summed E-state index contributed by atoms with van der Waals surface area (Å²) in [5.74, 6) is 0. The summed E-state index contributed by atoms with van der Waals surface area (Å²) in [4.78, 5) is 22.7. The molecule has 8 heteroatoms. The second-order valence-electron chi connectivity index (χ2n) is 4.43. The quantitative estimate of drug-likeness (QED) is 0.806. The number of urea groups is 1. The highest BCUT2D eigenvalue weighted by molar-refractivity contribution is 7.15. The molecule has 21 heavy (non-hydrogen) atoms. The van der Waals surface area contributed by atoms with E-state index in [2.05, 4.69) is 15.3 Å². The third kappa shape index (κ3) is 2.84. The Labute approximate surface area is 130 Å². The summed E-state index contributed by atoms with van der Waals surface area (Å²) in [6.45, 7) is 0.364. The minimum Gasteiger partial charge on any atom is -0.322 e. The van der Waals surface area contributed by atoms with E-state index in [9.17, 15) is 4.79 Å². The smallest absolute Gasteiger partial charge is 0.321 e. The maximum atomic E-state index is 12.1. The maximum absolute atomic E-state index is 12.1. The van der Waals surface area contributed by atoms with Gasteiger partial charge in [0.1, 0.15) is 0 Å². The van der Waals surface area contributed by atoms with Gasteiger partial charge in [-0.25, -0.2) is 9.78 Å². The van der Waals surface area contributed by atoms with Crippen molar-refractivity contribution in [2.24, 2.45) is 0 Å². The number of halogens is 1. The Morgan fingerprint density at radius 3 is 3.19 bits per heavy atom. The fourth-order valence-corrected chi connectivity index (χ4v) is 2.91. The zero-order valence-corrected chi connectivity index (χ0v) is 12.7. The van der Waals surface area contributed by atoms with Gasteiger partial charge in [-0.1, -0.05) is 11.6 Å². The molecule has 0 unspecified atom stereocenters. The SMILES string of the molecule is CN(Cc1c(Cl)nc2sccn12)C(=O)Nc1cccnc1. The Hall–Kier alpha value is -2.12. The van der Waals surface area contributed by atoms with E-state index in [1.165, 1.54) is 11.3 Å². The lowest BCUT2D eigenvalue weighted by Gasteiger charge is -2.17. The first-order chi connectivity index (χ1) is 10.1. The molecule has 0 aliphatic carbocycles. The normalized spacial score (nSPS) is 10.8. The van der Waals surface area contributed by atoms with E-state index in [1.807, 2.05) is 16.0 Å². The molecule has 0 fully saturated rings. The van der Waals surface area contributed by atoms with E-state index >= 15 is 0 Å². The molecule has 0 aromatic carbocycles. The van der Waals surface area contributed by atoms with Gasteiger partial charge in [-0.3, -0.25) is 9.38 Å². The van der Waals surface area contributed by atoms with Crippen LogP contribution in [0.2, 0.25) is 5.15 Å². The average molecular weight is 322 g/mol. The molecule has 0 bridgehead atoms. The minimum atomic E-state index is -0.232. The molecular formula is C13H12ClN5OS. The molecule has 3 aromatic rings. The van der Waals surface area contributed by atoms with Crippen LogP contribution >= 0.6 is 22.9 Å². The van der Waals surface area contributed by atoms with Crippen molar-refractivity contribution in [3.63, 3.8) is 0 Å². The Balaban J connectivity index is 1.74. The lowest BCUT2D eigenvalue weighted by molar-refractivity contribution is 0.220. The van der Waals surface area contributed by atoms with Gasteiger partial charge in [0, 0.05) is 24.8 Å². The average Bonchev–Trinajstić information content (AvgIpc) is 3.03. The summed E-state index contributed by atoms with van der Waals surface area (Å²) >= 11 is 7.62. The van der Waals surface area contributed by atoms with Crippen LogP contribution in [0.1, 0.15) is 5.69 Å². The zero-order chi connectivity index (χ0) is 14.8. The lowest BCUT2D eigenvalue weighted by atomic mass is 10.4. The Bertz CT molecular complexity index is 769. The highest BCUT2D eigenvalue weighted by atomic mass is 35.5. The molecule has 3 heterocycles. The zero-order valence-electron chi connectivity index (χ0n) is 11.2. The number of thiazole rings is 1. The number of imidazole rings is 1. The number of aromatic nitrogens is 3. The molecule has 0 saturated heterocycles. The van der Waals surface area contributed by atoms with E-state index in [-0.39, 0.29) is 6.03 Å². The predicted molar refractivity (Wildman–Crippen MR) is 82.8 cm³/mol. The van der Waals surface area contributed by atoms with E-state index in [0.717, 1.165) is 10.7 Å². The van der Waals surface area contributed by atoms with Crippen LogP contribution in [0.25, 0.3) is 4.96 Å². The highest BCUT2D eigenvalue weighted by Crippen LogP contribution is 2.22. The van der Waals surface area contributed by atoms with Crippen molar-refractivity contribution in [3.05, 3.63) is 47.0 Å². The fourth-order valence-electron chi connectivity index (χ4n) is 1.90. The van der Waals surface area contributed by atoms with Gasteiger partial charge in [0.15, 0.2) is 10.1 Å². The standard InChI is InChI=1S/C13H12ClN5OS/c1-18(12(20)16-9-3-2-4-15-7-9)8-10-11(14)17-13-19(10)5-6-21-13/h2-7H,8H2,1H3,(H,16,20).